The summed E-state index contributed by atoms with van der Waals surface area (Å²) in [5.74, 6) is 0.303. The van der Waals surface area contributed by atoms with Crippen LogP contribution < -0.4 is 5.73 Å². The van der Waals surface area contributed by atoms with E-state index >= 15 is 0 Å². The molecule has 4 heteroatoms. The number of morpholine rings is 1. The van der Waals surface area contributed by atoms with Gasteiger partial charge >= 0.3 is 0 Å². The molecule has 14 heavy (non-hydrogen) atoms. The highest BCUT2D eigenvalue weighted by molar-refractivity contribution is 7.80. The SMILES string of the molecule is CCC1COCCN1CC(C)C(N)=S. The fourth-order valence-corrected chi connectivity index (χ4v) is 1.82. The van der Waals surface area contributed by atoms with E-state index in [-0.39, 0.29) is 0 Å². The van der Waals surface area contributed by atoms with Crippen LogP contribution in [-0.2, 0) is 4.74 Å². The molecule has 2 atom stereocenters. The monoisotopic (exact) mass is 216 g/mol. The lowest BCUT2D eigenvalue weighted by molar-refractivity contribution is -0.0111. The van der Waals surface area contributed by atoms with Crippen LogP contribution >= 0.6 is 12.2 Å². The number of ether oxygens (including phenoxy) is 1. The van der Waals surface area contributed by atoms with Gasteiger partial charge in [-0.1, -0.05) is 26.1 Å². The molecule has 0 aliphatic carbocycles. The van der Waals surface area contributed by atoms with Crippen LogP contribution in [0.15, 0.2) is 0 Å². The molecule has 0 bridgehead atoms. The minimum absolute atomic E-state index is 0.303. The Labute approximate surface area is 91.6 Å². The van der Waals surface area contributed by atoms with Crippen molar-refractivity contribution in [3.8, 4) is 0 Å². The minimum atomic E-state index is 0.303. The van der Waals surface area contributed by atoms with E-state index in [4.69, 9.17) is 22.7 Å². The summed E-state index contributed by atoms with van der Waals surface area (Å²) in [7, 11) is 0. The second kappa shape index (κ2) is 5.63. The van der Waals surface area contributed by atoms with E-state index in [1.54, 1.807) is 0 Å². The Morgan fingerprint density at radius 2 is 2.43 bits per heavy atom. The molecule has 1 rings (SSSR count). The molecule has 82 valence electrons. The zero-order valence-electron chi connectivity index (χ0n) is 9.03. The van der Waals surface area contributed by atoms with E-state index in [9.17, 15) is 0 Å². The van der Waals surface area contributed by atoms with Gasteiger partial charge in [-0.3, -0.25) is 4.90 Å². The van der Waals surface area contributed by atoms with Crippen LogP contribution in [0.25, 0.3) is 0 Å². The Morgan fingerprint density at radius 1 is 1.71 bits per heavy atom. The maximum absolute atomic E-state index is 5.61. The fraction of sp³-hybridized carbons (Fsp3) is 0.900. The maximum atomic E-state index is 5.61. The fourth-order valence-electron chi connectivity index (χ4n) is 1.75. The molecule has 0 radical (unpaired) electrons. The Kier molecular flexibility index (Phi) is 4.78. The standard InChI is InChI=1S/C10H20N2OS/c1-3-9-7-13-5-4-12(9)6-8(2)10(11)14/h8-9H,3-7H2,1-2H3,(H2,11,14). The maximum Gasteiger partial charge on any atom is 0.0768 e. The molecule has 0 aromatic heterocycles. The number of rotatable bonds is 4. The second-order valence-electron chi connectivity index (χ2n) is 3.94. The molecule has 2 unspecified atom stereocenters. The van der Waals surface area contributed by atoms with Crippen LogP contribution in [0.3, 0.4) is 0 Å². The average molecular weight is 216 g/mol. The molecule has 1 aliphatic heterocycles. The van der Waals surface area contributed by atoms with Crippen molar-refractivity contribution in [2.24, 2.45) is 11.7 Å². The van der Waals surface area contributed by atoms with Crippen LogP contribution in [-0.4, -0.2) is 42.2 Å². The van der Waals surface area contributed by atoms with Crippen molar-refractivity contribution in [2.75, 3.05) is 26.3 Å². The predicted octanol–water partition coefficient (Wildman–Crippen LogP) is 1.02. The highest BCUT2D eigenvalue weighted by Gasteiger charge is 2.23. The molecule has 2 N–H and O–H groups in total. The molecule has 0 amide bonds. The summed E-state index contributed by atoms with van der Waals surface area (Å²) in [6, 6.07) is 0.542. The van der Waals surface area contributed by atoms with Gasteiger partial charge in [0.2, 0.25) is 0 Å². The first-order valence-corrected chi connectivity index (χ1v) is 5.67. The van der Waals surface area contributed by atoms with Crippen LogP contribution in [0.1, 0.15) is 20.3 Å². The van der Waals surface area contributed by atoms with Crippen molar-refractivity contribution < 1.29 is 4.74 Å². The van der Waals surface area contributed by atoms with E-state index in [1.807, 2.05) is 0 Å². The smallest absolute Gasteiger partial charge is 0.0768 e. The van der Waals surface area contributed by atoms with Crippen LogP contribution in [0, 0.1) is 5.92 Å². The third-order valence-electron chi connectivity index (χ3n) is 2.81. The first-order valence-electron chi connectivity index (χ1n) is 5.26. The lowest BCUT2D eigenvalue weighted by atomic mass is 10.1. The van der Waals surface area contributed by atoms with Gasteiger partial charge in [0.25, 0.3) is 0 Å². The van der Waals surface area contributed by atoms with E-state index in [2.05, 4.69) is 18.7 Å². The summed E-state index contributed by atoms with van der Waals surface area (Å²) in [5, 5.41) is 0. The highest BCUT2D eigenvalue weighted by atomic mass is 32.1. The molecule has 1 fully saturated rings. The van der Waals surface area contributed by atoms with Crippen LogP contribution in [0.5, 0.6) is 0 Å². The van der Waals surface area contributed by atoms with Crippen molar-refractivity contribution in [2.45, 2.75) is 26.3 Å². The molecular weight excluding hydrogens is 196 g/mol. The molecule has 1 aliphatic rings. The predicted molar refractivity (Wildman–Crippen MR) is 62.4 cm³/mol. The molecule has 0 aromatic carbocycles. The van der Waals surface area contributed by atoms with Crippen LogP contribution in [0.4, 0.5) is 0 Å². The Balaban J connectivity index is 2.44. The van der Waals surface area contributed by atoms with Gasteiger partial charge in [-0.15, -0.1) is 0 Å². The third kappa shape index (κ3) is 3.19. The van der Waals surface area contributed by atoms with Crippen molar-refractivity contribution in [3.63, 3.8) is 0 Å². The minimum Gasteiger partial charge on any atom is -0.393 e. The van der Waals surface area contributed by atoms with Crippen molar-refractivity contribution in [1.82, 2.24) is 4.90 Å². The van der Waals surface area contributed by atoms with E-state index in [0.29, 0.717) is 16.9 Å². The molecule has 0 saturated carbocycles. The van der Waals surface area contributed by atoms with Gasteiger partial charge in [0, 0.05) is 25.0 Å². The van der Waals surface area contributed by atoms with Gasteiger partial charge in [-0.05, 0) is 6.42 Å². The Morgan fingerprint density at radius 3 is 3.00 bits per heavy atom. The summed E-state index contributed by atoms with van der Waals surface area (Å²) in [6.45, 7) is 7.94. The van der Waals surface area contributed by atoms with Gasteiger partial charge < -0.3 is 10.5 Å². The first kappa shape index (κ1) is 11.9. The van der Waals surface area contributed by atoms with E-state index < -0.39 is 0 Å². The summed E-state index contributed by atoms with van der Waals surface area (Å²) in [5.41, 5.74) is 5.61. The number of hydrogen-bond acceptors (Lipinski definition) is 3. The Bertz CT molecular complexity index is 199. The largest absolute Gasteiger partial charge is 0.393 e. The topological polar surface area (TPSA) is 38.5 Å². The zero-order valence-corrected chi connectivity index (χ0v) is 9.85. The number of thiocarbonyl (C=S) groups is 1. The Hall–Kier alpha value is -0.190. The molecule has 1 heterocycles. The normalized spacial score (nSPS) is 26.0. The summed E-state index contributed by atoms with van der Waals surface area (Å²) < 4.78 is 5.44. The van der Waals surface area contributed by atoms with Crippen molar-refractivity contribution in [3.05, 3.63) is 0 Å². The van der Waals surface area contributed by atoms with E-state index in [0.717, 1.165) is 32.7 Å². The lowest BCUT2D eigenvalue weighted by Gasteiger charge is -2.36. The molecule has 0 spiro atoms. The average Bonchev–Trinajstić information content (AvgIpc) is 2.18. The number of hydrogen-bond donors (Lipinski definition) is 1. The number of nitrogens with zero attached hydrogens (tertiary/aromatic N) is 1. The molecular formula is C10H20N2OS. The van der Waals surface area contributed by atoms with Gasteiger partial charge in [0.05, 0.1) is 18.2 Å². The van der Waals surface area contributed by atoms with Crippen molar-refractivity contribution in [1.29, 1.82) is 0 Å². The lowest BCUT2D eigenvalue weighted by Crippen LogP contribution is -2.48. The van der Waals surface area contributed by atoms with Crippen molar-refractivity contribution >= 4 is 17.2 Å². The molecule has 1 saturated heterocycles. The van der Waals surface area contributed by atoms with Gasteiger partial charge in [0.1, 0.15) is 0 Å². The van der Waals surface area contributed by atoms with Gasteiger partial charge in [-0.25, -0.2) is 0 Å². The summed E-state index contributed by atoms with van der Waals surface area (Å²) in [6.07, 6.45) is 1.13. The summed E-state index contributed by atoms with van der Waals surface area (Å²) in [4.78, 5) is 3.05. The third-order valence-corrected chi connectivity index (χ3v) is 3.22. The number of nitrogens with two attached hydrogens (primary N) is 1. The van der Waals surface area contributed by atoms with Crippen LogP contribution in [0.2, 0.25) is 0 Å². The molecule has 3 nitrogen and oxygen atoms in total. The highest BCUT2D eigenvalue weighted by Crippen LogP contribution is 2.12. The zero-order chi connectivity index (χ0) is 10.6. The van der Waals surface area contributed by atoms with Gasteiger partial charge in [-0.2, -0.15) is 0 Å². The van der Waals surface area contributed by atoms with Gasteiger partial charge in [0.15, 0.2) is 0 Å². The first-order chi connectivity index (χ1) is 6.65. The second-order valence-corrected chi connectivity index (χ2v) is 4.41. The quantitative estimate of drug-likeness (QED) is 0.712. The van der Waals surface area contributed by atoms with E-state index in [1.165, 1.54) is 0 Å². The molecule has 0 aromatic rings. The summed E-state index contributed by atoms with van der Waals surface area (Å²) >= 11 is 4.98.